The van der Waals surface area contributed by atoms with Gasteiger partial charge in [0.1, 0.15) is 12.4 Å². The van der Waals surface area contributed by atoms with E-state index in [1.54, 1.807) is 0 Å². The maximum atomic E-state index is 12.2. The Morgan fingerprint density at radius 1 is 1.40 bits per heavy atom. The van der Waals surface area contributed by atoms with E-state index in [0.717, 1.165) is 31.6 Å². The van der Waals surface area contributed by atoms with Gasteiger partial charge in [0.15, 0.2) is 5.82 Å². The molecule has 0 unspecified atom stereocenters. The second-order valence-corrected chi connectivity index (χ2v) is 6.04. The van der Waals surface area contributed by atoms with Gasteiger partial charge in [0, 0.05) is 6.42 Å². The number of hydrogen-bond donors (Lipinski definition) is 1. The zero-order chi connectivity index (χ0) is 17.5. The number of amides is 1. The molecule has 7 heteroatoms. The summed E-state index contributed by atoms with van der Waals surface area (Å²) in [4.78, 5) is 18.7. The zero-order valence-corrected chi connectivity index (χ0v) is 14.5. The van der Waals surface area contributed by atoms with Crippen LogP contribution in [0, 0.1) is 0 Å². The van der Waals surface area contributed by atoms with Gasteiger partial charge < -0.3 is 14.6 Å². The third-order valence-corrected chi connectivity index (χ3v) is 4.23. The first-order valence-corrected chi connectivity index (χ1v) is 8.77. The van der Waals surface area contributed by atoms with E-state index in [2.05, 4.69) is 20.4 Å². The molecule has 7 nitrogen and oxygen atoms in total. The monoisotopic (exact) mass is 344 g/mol. The molecule has 134 valence electrons. The largest absolute Gasteiger partial charge is 0.492 e. The standard InChI is InChI=1S/C18H24N4O3/c1-2-17-20-18(21-25-17)15-9-6-11-22(15)13-16(23)19-10-12-24-14-7-4-3-5-8-14/h3-5,7-8,15H,2,6,9-13H2,1H3,(H,19,23)/t15-/m0/s1. The Hall–Kier alpha value is -2.41. The molecule has 1 aromatic carbocycles. The highest BCUT2D eigenvalue weighted by Gasteiger charge is 2.31. The van der Waals surface area contributed by atoms with Crippen molar-refractivity contribution in [2.45, 2.75) is 32.2 Å². The molecule has 1 aliphatic rings. The number of nitrogens with zero attached hydrogens (tertiary/aromatic N) is 3. The van der Waals surface area contributed by atoms with Crippen LogP contribution in [0.1, 0.15) is 37.5 Å². The minimum Gasteiger partial charge on any atom is -0.492 e. The molecular weight excluding hydrogens is 320 g/mol. The Balaban J connectivity index is 1.42. The minimum atomic E-state index is -0.0113. The van der Waals surface area contributed by atoms with Gasteiger partial charge in [-0.2, -0.15) is 4.98 Å². The topological polar surface area (TPSA) is 80.5 Å². The lowest BCUT2D eigenvalue weighted by Crippen LogP contribution is -2.38. The Labute approximate surface area is 147 Å². The summed E-state index contributed by atoms with van der Waals surface area (Å²) in [7, 11) is 0. The van der Waals surface area contributed by atoms with Crippen molar-refractivity contribution < 1.29 is 14.1 Å². The molecule has 1 atom stereocenters. The highest BCUT2D eigenvalue weighted by atomic mass is 16.5. The summed E-state index contributed by atoms with van der Waals surface area (Å²) in [6, 6.07) is 9.63. The predicted octanol–water partition coefficient (Wildman–Crippen LogP) is 1.96. The molecule has 1 saturated heterocycles. The van der Waals surface area contributed by atoms with Crippen LogP contribution in [-0.2, 0) is 11.2 Å². The number of rotatable bonds is 8. The number of hydrogen-bond acceptors (Lipinski definition) is 6. The van der Waals surface area contributed by atoms with Crippen LogP contribution in [0.3, 0.4) is 0 Å². The second-order valence-electron chi connectivity index (χ2n) is 6.04. The van der Waals surface area contributed by atoms with E-state index < -0.39 is 0 Å². The average molecular weight is 344 g/mol. The summed E-state index contributed by atoms with van der Waals surface area (Å²) >= 11 is 0. The average Bonchev–Trinajstić information content (AvgIpc) is 3.28. The van der Waals surface area contributed by atoms with Crippen molar-refractivity contribution in [1.82, 2.24) is 20.4 Å². The molecule has 0 radical (unpaired) electrons. The third kappa shape index (κ3) is 4.79. The molecular formula is C18H24N4O3. The van der Waals surface area contributed by atoms with Crippen LogP contribution in [0.15, 0.2) is 34.9 Å². The van der Waals surface area contributed by atoms with Crippen LogP contribution in [0.2, 0.25) is 0 Å². The first-order valence-electron chi connectivity index (χ1n) is 8.77. The Bertz CT molecular complexity index is 674. The fraction of sp³-hybridized carbons (Fsp3) is 0.500. The predicted molar refractivity (Wildman–Crippen MR) is 92.2 cm³/mol. The molecule has 0 aliphatic carbocycles. The molecule has 3 rings (SSSR count). The van der Waals surface area contributed by atoms with Crippen molar-refractivity contribution in [1.29, 1.82) is 0 Å². The van der Waals surface area contributed by atoms with Crippen molar-refractivity contribution >= 4 is 5.91 Å². The van der Waals surface area contributed by atoms with Crippen LogP contribution in [0.25, 0.3) is 0 Å². The molecule has 1 N–H and O–H groups in total. The van der Waals surface area contributed by atoms with E-state index >= 15 is 0 Å². The van der Waals surface area contributed by atoms with Crippen molar-refractivity contribution in [3.8, 4) is 5.75 Å². The van der Waals surface area contributed by atoms with Gasteiger partial charge in [-0.25, -0.2) is 0 Å². The molecule has 2 heterocycles. The highest BCUT2D eigenvalue weighted by molar-refractivity contribution is 5.78. The van der Waals surface area contributed by atoms with E-state index in [-0.39, 0.29) is 11.9 Å². The number of aromatic nitrogens is 2. The molecule has 2 aromatic rings. The lowest BCUT2D eigenvalue weighted by Gasteiger charge is -2.21. The molecule has 1 aromatic heterocycles. The van der Waals surface area contributed by atoms with Gasteiger partial charge in [-0.15, -0.1) is 0 Å². The van der Waals surface area contributed by atoms with Gasteiger partial charge in [0.25, 0.3) is 0 Å². The van der Waals surface area contributed by atoms with Crippen molar-refractivity contribution in [2.24, 2.45) is 0 Å². The first-order chi connectivity index (χ1) is 12.3. The van der Waals surface area contributed by atoms with Gasteiger partial charge >= 0.3 is 0 Å². The SMILES string of the molecule is CCc1nc([C@@H]2CCCN2CC(=O)NCCOc2ccccc2)no1. The number of benzene rings is 1. The molecule has 1 amide bonds. The van der Waals surface area contributed by atoms with Gasteiger partial charge in [-0.3, -0.25) is 9.69 Å². The summed E-state index contributed by atoms with van der Waals surface area (Å²) in [5, 5.41) is 6.95. The Kier molecular flexibility index (Phi) is 6.00. The van der Waals surface area contributed by atoms with E-state index in [0.29, 0.717) is 31.4 Å². The molecule has 0 bridgehead atoms. The van der Waals surface area contributed by atoms with E-state index in [1.165, 1.54) is 0 Å². The summed E-state index contributed by atoms with van der Waals surface area (Å²) < 4.78 is 10.8. The number of ether oxygens (including phenoxy) is 1. The van der Waals surface area contributed by atoms with Crippen LogP contribution in [0.5, 0.6) is 5.75 Å². The maximum Gasteiger partial charge on any atom is 0.234 e. The van der Waals surface area contributed by atoms with E-state index in [1.807, 2.05) is 37.3 Å². The molecule has 0 saturated carbocycles. The smallest absolute Gasteiger partial charge is 0.234 e. The third-order valence-electron chi connectivity index (χ3n) is 4.23. The maximum absolute atomic E-state index is 12.2. The number of para-hydroxylation sites is 1. The highest BCUT2D eigenvalue weighted by Crippen LogP contribution is 2.29. The number of aryl methyl sites for hydroxylation is 1. The second kappa shape index (κ2) is 8.62. The van der Waals surface area contributed by atoms with Gasteiger partial charge in [-0.05, 0) is 31.5 Å². The fourth-order valence-corrected chi connectivity index (χ4v) is 2.97. The quantitative estimate of drug-likeness (QED) is 0.738. The van der Waals surface area contributed by atoms with E-state index in [9.17, 15) is 4.79 Å². The summed E-state index contributed by atoms with van der Waals surface area (Å²) in [6.45, 7) is 4.12. The molecule has 1 fully saturated rings. The molecule has 25 heavy (non-hydrogen) atoms. The van der Waals surface area contributed by atoms with Crippen molar-refractivity contribution in [2.75, 3.05) is 26.2 Å². The van der Waals surface area contributed by atoms with Crippen LogP contribution < -0.4 is 10.1 Å². The van der Waals surface area contributed by atoms with Crippen LogP contribution in [0.4, 0.5) is 0 Å². The van der Waals surface area contributed by atoms with Gasteiger partial charge in [0.05, 0.1) is 19.1 Å². The Morgan fingerprint density at radius 2 is 2.24 bits per heavy atom. The Morgan fingerprint density at radius 3 is 3.00 bits per heavy atom. The lowest BCUT2D eigenvalue weighted by atomic mass is 10.2. The number of nitrogens with one attached hydrogen (secondary N) is 1. The summed E-state index contributed by atoms with van der Waals surface area (Å²) in [6.07, 6.45) is 2.71. The molecule has 1 aliphatic heterocycles. The molecule has 0 spiro atoms. The lowest BCUT2D eigenvalue weighted by molar-refractivity contribution is -0.122. The number of likely N-dealkylation sites (tertiary alicyclic amines) is 1. The fourth-order valence-electron chi connectivity index (χ4n) is 2.97. The summed E-state index contributed by atoms with van der Waals surface area (Å²) in [5.74, 6) is 2.13. The zero-order valence-electron chi connectivity index (χ0n) is 14.5. The van der Waals surface area contributed by atoms with Gasteiger partial charge in [-0.1, -0.05) is 30.3 Å². The van der Waals surface area contributed by atoms with Gasteiger partial charge in [0.2, 0.25) is 11.8 Å². The van der Waals surface area contributed by atoms with Crippen LogP contribution in [-0.4, -0.2) is 47.2 Å². The van der Waals surface area contributed by atoms with Crippen molar-refractivity contribution in [3.63, 3.8) is 0 Å². The van der Waals surface area contributed by atoms with Crippen molar-refractivity contribution in [3.05, 3.63) is 42.0 Å². The summed E-state index contributed by atoms with van der Waals surface area (Å²) in [5.41, 5.74) is 0. The minimum absolute atomic E-state index is 0.0113. The normalized spacial score (nSPS) is 17.6. The van der Waals surface area contributed by atoms with Crippen LogP contribution >= 0.6 is 0 Å². The first kappa shape index (κ1) is 17.4. The number of carbonyl (C=O) groups is 1. The number of carbonyl (C=O) groups excluding carboxylic acids is 1. The van der Waals surface area contributed by atoms with E-state index in [4.69, 9.17) is 9.26 Å².